The van der Waals surface area contributed by atoms with E-state index in [1.54, 1.807) is 0 Å². The second-order valence-corrected chi connectivity index (χ2v) is 9.36. The molecule has 0 aliphatic rings. The van der Waals surface area contributed by atoms with E-state index in [-0.39, 0.29) is 22.5 Å². The molecule has 0 bridgehead atoms. The van der Waals surface area contributed by atoms with E-state index in [0.29, 0.717) is 16.5 Å². The number of rotatable bonds is 6. The van der Waals surface area contributed by atoms with Crippen LogP contribution in [0.15, 0.2) is 65.8 Å². The van der Waals surface area contributed by atoms with E-state index in [1.807, 2.05) is 31.2 Å². The molecule has 0 saturated heterocycles. The van der Waals surface area contributed by atoms with Gasteiger partial charge in [0.05, 0.1) is 17.7 Å². The molecule has 7 N–H and O–H groups in total. The van der Waals surface area contributed by atoms with Crippen molar-refractivity contribution in [2.24, 2.45) is 0 Å². The molecule has 4 rings (SSSR count). The fourth-order valence-electron chi connectivity index (χ4n) is 3.11. The number of hydrogen-bond acceptors (Lipinski definition) is 10. The zero-order chi connectivity index (χ0) is 26.3. The van der Waals surface area contributed by atoms with Gasteiger partial charge in [-0.25, -0.2) is 23.4 Å². The Hall–Kier alpha value is -4.16. The third kappa shape index (κ3) is 6.49. The Morgan fingerprint density at radius 1 is 0.944 bits per heavy atom. The molecular formula is C23H25ClN8O3S. The first-order chi connectivity index (χ1) is 17.1. The van der Waals surface area contributed by atoms with Crippen molar-refractivity contribution in [2.45, 2.75) is 18.2 Å². The molecule has 2 heterocycles. The van der Waals surface area contributed by atoms with Gasteiger partial charge in [0.25, 0.3) is 15.9 Å². The van der Waals surface area contributed by atoms with Crippen LogP contribution in [0.2, 0.25) is 5.02 Å². The van der Waals surface area contributed by atoms with Gasteiger partial charge in [-0.15, -0.1) is 0 Å². The monoisotopic (exact) mass is 528 g/mol. The minimum absolute atomic E-state index is 0.0295. The molecule has 0 atom stereocenters. The molecule has 0 spiro atoms. The highest BCUT2D eigenvalue weighted by Crippen LogP contribution is 2.29. The van der Waals surface area contributed by atoms with Gasteiger partial charge < -0.3 is 21.9 Å². The Bertz CT molecular complexity index is 1430. The minimum atomic E-state index is -3.75. The normalized spacial score (nSPS) is 10.8. The Balaban J connectivity index is 0.000000202. The second kappa shape index (κ2) is 11.5. The molecular weight excluding hydrogens is 504 g/mol. The van der Waals surface area contributed by atoms with Crippen LogP contribution >= 0.6 is 11.6 Å². The summed E-state index contributed by atoms with van der Waals surface area (Å²) in [6, 6.07) is 13.2. The summed E-state index contributed by atoms with van der Waals surface area (Å²) < 4.78 is 31.4. The number of nitrogens with one attached hydrogen (secondary N) is 1. The van der Waals surface area contributed by atoms with Crippen molar-refractivity contribution in [1.29, 1.82) is 0 Å². The summed E-state index contributed by atoms with van der Waals surface area (Å²) in [5, 5.41) is 0.682. The molecule has 4 aromatic rings. The number of benzene rings is 2. The van der Waals surface area contributed by atoms with Crippen LogP contribution in [0.25, 0.3) is 11.1 Å². The smallest absolute Gasteiger partial charge is 0.263 e. The van der Waals surface area contributed by atoms with Crippen molar-refractivity contribution >= 4 is 44.9 Å². The number of aromatic nitrogens is 4. The quantitative estimate of drug-likeness (QED) is 0.270. The van der Waals surface area contributed by atoms with Crippen LogP contribution in [0.4, 0.5) is 23.3 Å². The van der Waals surface area contributed by atoms with Crippen molar-refractivity contribution in [3.05, 3.63) is 71.6 Å². The van der Waals surface area contributed by atoms with Crippen molar-refractivity contribution in [2.75, 3.05) is 29.0 Å². The number of aryl methyl sites for hydroxylation is 1. The Labute approximate surface area is 213 Å². The van der Waals surface area contributed by atoms with Gasteiger partial charge >= 0.3 is 0 Å². The second-order valence-electron chi connectivity index (χ2n) is 7.24. The minimum Gasteiger partial charge on any atom is -0.478 e. The fourth-order valence-corrected chi connectivity index (χ4v) is 4.24. The summed E-state index contributed by atoms with van der Waals surface area (Å²) in [4.78, 5) is 16.0. The van der Waals surface area contributed by atoms with Crippen molar-refractivity contribution in [3.8, 4) is 17.0 Å². The lowest BCUT2D eigenvalue weighted by molar-refractivity contribution is 0.398. The molecule has 188 valence electrons. The highest BCUT2D eigenvalue weighted by molar-refractivity contribution is 7.92. The third-order valence-electron chi connectivity index (χ3n) is 4.78. The molecule has 0 aliphatic carbocycles. The summed E-state index contributed by atoms with van der Waals surface area (Å²) in [7, 11) is -2.37. The van der Waals surface area contributed by atoms with Crippen molar-refractivity contribution in [1.82, 2.24) is 19.9 Å². The number of halogens is 1. The molecule has 2 aromatic carbocycles. The summed E-state index contributed by atoms with van der Waals surface area (Å²) in [5.41, 5.74) is 20.1. The molecule has 36 heavy (non-hydrogen) atoms. The van der Waals surface area contributed by atoms with E-state index in [9.17, 15) is 8.42 Å². The lowest BCUT2D eigenvalue weighted by atomic mass is 10.0. The van der Waals surface area contributed by atoms with Crippen LogP contribution in [0.3, 0.4) is 0 Å². The molecule has 0 amide bonds. The number of nitrogens with zero attached hydrogens (tertiary/aromatic N) is 4. The van der Waals surface area contributed by atoms with E-state index in [4.69, 9.17) is 33.5 Å². The number of nitrogens with two attached hydrogens (primary N) is 3. The number of methoxy groups -OCH3 is 1. The fraction of sp³-hybridized carbons (Fsp3) is 0.130. The van der Waals surface area contributed by atoms with Gasteiger partial charge in [-0.05, 0) is 48.4 Å². The molecule has 0 radical (unpaired) electrons. The first kappa shape index (κ1) is 26.4. The lowest BCUT2D eigenvalue weighted by Gasteiger charge is -2.10. The zero-order valence-electron chi connectivity index (χ0n) is 19.5. The molecule has 13 heteroatoms. The summed E-state index contributed by atoms with van der Waals surface area (Å²) in [6.07, 6.45) is 3.51. The summed E-state index contributed by atoms with van der Waals surface area (Å²) >= 11 is 5.86. The largest absolute Gasteiger partial charge is 0.478 e. The Morgan fingerprint density at radius 3 is 2.19 bits per heavy atom. The van der Waals surface area contributed by atoms with Gasteiger partial charge in [0.15, 0.2) is 0 Å². The molecule has 0 aliphatic heterocycles. The number of nitrogen functional groups attached to an aromatic ring is 3. The molecule has 0 fully saturated rings. The first-order valence-electron chi connectivity index (χ1n) is 10.6. The zero-order valence-corrected chi connectivity index (χ0v) is 21.1. The average Bonchev–Trinajstić information content (AvgIpc) is 2.85. The van der Waals surface area contributed by atoms with Crippen LogP contribution in [0.5, 0.6) is 5.88 Å². The predicted molar refractivity (Wildman–Crippen MR) is 141 cm³/mol. The maximum atomic E-state index is 12.1. The van der Waals surface area contributed by atoms with Gasteiger partial charge in [-0.2, -0.15) is 4.98 Å². The standard InChI is InChI=1S/C12H13ClN4.C11H12N4O3S/c1-2-9-10(11(14)17-12(15)16-9)7-3-5-8(13)6-4-7;1-18-11-10(13-6-7-14-11)15-19(16,17)9-4-2-8(12)3-5-9/h3-6H,2H2,1H3,(H4,14,15,16,17);2-7H,12H2,1H3,(H,13,15). The van der Waals surface area contributed by atoms with E-state index >= 15 is 0 Å². The van der Waals surface area contributed by atoms with Crippen LogP contribution in [-0.2, 0) is 16.4 Å². The SMILES string of the molecule is CCc1nc(N)nc(N)c1-c1ccc(Cl)cc1.COc1nccnc1NS(=O)(=O)c1ccc(N)cc1. The predicted octanol–water partition coefficient (Wildman–Crippen LogP) is 3.39. The number of sulfonamides is 1. The summed E-state index contributed by atoms with van der Waals surface area (Å²) in [6.45, 7) is 2.00. The summed E-state index contributed by atoms with van der Waals surface area (Å²) in [5.74, 6) is 0.733. The lowest BCUT2D eigenvalue weighted by Crippen LogP contribution is -2.15. The molecule has 11 nitrogen and oxygen atoms in total. The number of anilines is 4. The topological polar surface area (TPSA) is 185 Å². The van der Waals surface area contributed by atoms with Crippen molar-refractivity contribution < 1.29 is 13.2 Å². The first-order valence-corrected chi connectivity index (χ1v) is 12.4. The van der Waals surface area contributed by atoms with Crippen LogP contribution in [0.1, 0.15) is 12.6 Å². The van der Waals surface area contributed by atoms with Gasteiger partial charge in [0.2, 0.25) is 11.8 Å². The van der Waals surface area contributed by atoms with Gasteiger partial charge in [0, 0.05) is 28.7 Å². The maximum Gasteiger partial charge on any atom is 0.263 e. The van der Waals surface area contributed by atoms with E-state index < -0.39 is 10.0 Å². The maximum absolute atomic E-state index is 12.1. The van der Waals surface area contributed by atoms with Crippen LogP contribution < -0.4 is 26.7 Å². The van der Waals surface area contributed by atoms with Gasteiger partial charge in [-0.1, -0.05) is 30.7 Å². The molecule has 0 saturated carbocycles. The van der Waals surface area contributed by atoms with Crippen molar-refractivity contribution in [3.63, 3.8) is 0 Å². The average molecular weight is 529 g/mol. The van der Waals surface area contributed by atoms with E-state index in [0.717, 1.165) is 23.2 Å². The van der Waals surface area contributed by atoms with Crippen LogP contribution in [0, 0.1) is 0 Å². The van der Waals surface area contributed by atoms with Crippen LogP contribution in [-0.4, -0.2) is 35.5 Å². The number of hydrogen-bond donors (Lipinski definition) is 4. The van der Waals surface area contributed by atoms with Gasteiger partial charge in [0.1, 0.15) is 5.82 Å². The Morgan fingerprint density at radius 2 is 1.58 bits per heavy atom. The van der Waals surface area contributed by atoms with Gasteiger partial charge in [-0.3, -0.25) is 4.72 Å². The third-order valence-corrected chi connectivity index (χ3v) is 6.38. The Kier molecular flexibility index (Phi) is 8.46. The van der Waals surface area contributed by atoms with E-state index in [1.165, 1.54) is 43.8 Å². The highest BCUT2D eigenvalue weighted by atomic mass is 35.5. The molecule has 0 unspecified atom stereocenters. The molecule has 2 aromatic heterocycles. The number of ether oxygens (including phenoxy) is 1. The van der Waals surface area contributed by atoms with E-state index in [2.05, 4.69) is 24.7 Å². The highest BCUT2D eigenvalue weighted by Gasteiger charge is 2.17.